The van der Waals surface area contributed by atoms with Crippen molar-refractivity contribution in [3.63, 3.8) is 0 Å². The van der Waals surface area contributed by atoms with Crippen molar-refractivity contribution >= 4 is 17.5 Å². The maximum absolute atomic E-state index is 14.0. The predicted octanol–water partition coefficient (Wildman–Crippen LogP) is 4.83. The predicted molar refractivity (Wildman–Crippen MR) is 123 cm³/mol. The second-order valence-electron chi connectivity index (χ2n) is 9.39. The molecule has 0 saturated carbocycles. The van der Waals surface area contributed by atoms with Crippen LogP contribution in [0.2, 0.25) is 0 Å². The van der Waals surface area contributed by atoms with E-state index >= 15 is 0 Å². The Morgan fingerprint density at radius 3 is 1.50 bits per heavy atom. The van der Waals surface area contributed by atoms with Gasteiger partial charge in [0.05, 0.1) is 24.1 Å². The van der Waals surface area contributed by atoms with Crippen LogP contribution in [0.25, 0.3) is 0 Å². The summed E-state index contributed by atoms with van der Waals surface area (Å²) >= 11 is 0. The standard InChI is InChI=1S/C28H25NO3/c1-4-32-18-15-13-17(14-16-18)29-25(30)23-24(26(29)31)28(3)21-11-7-5-9-19(21)27(23,2)20-10-6-8-12-22(20)28/h5-16,23-24H,4H2,1-3H3/t23-,24+,27?,28?. The van der Waals surface area contributed by atoms with Gasteiger partial charge >= 0.3 is 0 Å². The van der Waals surface area contributed by atoms with Crippen molar-refractivity contribution in [1.29, 1.82) is 0 Å². The van der Waals surface area contributed by atoms with Crippen LogP contribution in [0.4, 0.5) is 5.69 Å². The lowest BCUT2D eigenvalue weighted by molar-refractivity contribution is -0.124. The lowest BCUT2D eigenvalue weighted by Crippen LogP contribution is -2.59. The fourth-order valence-electron chi connectivity index (χ4n) is 6.68. The first-order chi connectivity index (χ1) is 15.4. The summed E-state index contributed by atoms with van der Waals surface area (Å²) in [5, 5.41) is 0. The molecule has 0 aromatic heterocycles. The molecule has 3 aromatic carbocycles. The zero-order chi connectivity index (χ0) is 22.3. The van der Waals surface area contributed by atoms with E-state index in [-0.39, 0.29) is 11.8 Å². The van der Waals surface area contributed by atoms with Gasteiger partial charge in [0.15, 0.2) is 0 Å². The minimum absolute atomic E-state index is 0.109. The molecule has 0 radical (unpaired) electrons. The summed E-state index contributed by atoms with van der Waals surface area (Å²) in [6.07, 6.45) is 0. The van der Waals surface area contributed by atoms with Crippen molar-refractivity contribution in [1.82, 2.24) is 0 Å². The van der Waals surface area contributed by atoms with Crippen LogP contribution < -0.4 is 9.64 Å². The zero-order valence-corrected chi connectivity index (χ0v) is 18.5. The maximum atomic E-state index is 14.0. The summed E-state index contributed by atoms with van der Waals surface area (Å²) in [6, 6.07) is 24.0. The summed E-state index contributed by atoms with van der Waals surface area (Å²) in [4.78, 5) is 29.4. The summed E-state index contributed by atoms with van der Waals surface area (Å²) in [6.45, 7) is 6.79. The minimum Gasteiger partial charge on any atom is -0.494 e. The van der Waals surface area contributed by atoms with E-state index in [4.69, 9.17) is 4.74 Å². The van der Waals surface area contributed by atoms with Gasteiger partial charge in [0.1, 0.15) is 5.75 Å². The molecule has 4 heteroatoms. The Hall–Kier alpha value is -3.40. The van der Waals surface area contributed by atoms with Gasteiger partial charge < -0.3 is 4.74 Å². The number of hydrogen-bond donors (Lipinski definition) is 0. The van der Waals surface area contributed by atoms with Gasteiger partial charge in [0.2, 0.25) is 11.8 Å². The molecule has 1 saturated heterocycles. The third-order valence-corrected chi connectivity index (χ3v) is 8.05. The van der Waals surface area contributed by atoms with Gasteiger partial charge in [-0.2, -0.15) is 0 Å². The van der Waals surface area contributed by atoms with E-state index < -0.39 is 22.7 Å². The number of imide groups is 1. The maximum Gasteiger partial charge on any atom is 0.238 e. The molecule has 32 heavy (non-hydrogen) atoms. The fourth-order valence-corrected chi connectivity index (χ4v) is 6.68. The first-order valence-corrected chi connectivity index (χ1v) is 11.2. The first kappa shape index (κ1) is 19.3. The average Bonchev–Trinajstić information content (AvgIpc) is 3.09. The highest BCUT2D eigenvalue weighted by atomic mass is 16.5. The van der Waals surface area contributed by atoms with Crippen LogP contribution in [-0.2, 0) is 20.4 Å². The second-order valence-corrected chi connectivity index (χ2v) is 9.39. The van der Waals surface area contributed by atoms with Crippen molar-refractivity contribution in [2.45, 2.75) is 31.6 Å². The summed E-state index contributed by atoms with van der Waals surface area (Å²) < 4.78 is 5.54. The molecule has 2 atom stereocenters. The topological polar surface area (TPSA) is 46.6 Å². The van der Waals surface area contributed by atoms with E-state index in [0.29, 0.717) is 12.3 Å². The third kappa shape index (κ3) is 2.08. The molecule has 4 nitrogen and oxygen atoms in total. The molecule has 7 rings (SSSR count). The summed E-state index contributed by atoms with van der Waals surface area (Å²) in [5.74, 6) is -0.358. The van der Waals surface area contributed by atoms with Crippen molar-refractivity contribution in [3.8, 4) is 5.75 Å². The van der Waals surface area contributed by atoms with Crippen LogP contribution in [0.15, 0.2) is 72.8 Å². The van der Waals surface area contributed by atoms with Gasteiger partial charge in [0, 0.05) is 10.8 Å². The Morgan fingerprint density at radius 1 is 0.719 bits per heavy atom. The zero-order valence-electron chi connectivity index (χ0n) is 18.5. The highest BCUT2D eigenvalue weighted by molar-refractivity contribution is 6.24. The van der Waals surface area contributed by atoms with Gasteiger partial charge in [-0.3, -0.25) is 9.59 Å². The number of nitrogens with zero attached hydrogens (tertiary/aromatic N) is 1. The number of rotatable bonds is 3. The van der Waals surface area contributed by atoms with E-state index in [9.17, 15) is 9.59 Å². The van der Waals surface area contributed by atoms with Crippen molar-refractivity contribution in [3.05, 3.63) is 95.1 Å². The average molecular weight is 424 g/mol. The molecule has 0 N–H and O–H groups in total. The third-order valence-electron chi connectivity index (χ3n) is 8.05. The van der Waals surface area contributed by atoms with Gasteiger partial charge in [-0.25, -0.2) is 4.90 Å². The molecule has 160 valence electrons. The quantitative estimate of drug-likeness (QED) is 0.567. The SMILES string of the molecule is CCOc1ccc(N2C(=O)[C@@H]3[C@H](C2=O)C2(C)c4ccccc4C3(C)c3ccccc32)cc1. The molecular weight excluding hydrogens is 398 g/mol. The van der Waals surface area contributed by atoms with Crippen LogP contribution in [0.5, 0.6) is 5.75 Å². The molecule has 0 spiro atoms. The lowest BCUT2D eigenvalue weighted by atomic mass is 9.42. The molecular formula is C28H25NO3. The second kappa shape index (κ2) is 6.32. The van der Waals surface area contributed by atoms with E-state index in [2.05, 4.69) is 38.1 Å². The number of carbonyl (C=O) groups excluding carboxylic acids is 2. The number of benzene rings is 3. The summed E-state index contributed by atoms with van der Waals surface area (Å²) in [5.41, 5.74) is 4.16. The summed E-state index contributed by atoms with van der Waals surface area (Å²) in [7, 11) is 0. The smallest absolute Gasteiger partial charge is 0.238 e. The molecule has 1 aliphatic heterocycles. The Kier molecular flexibility index (Phi) is 3.81. The van der Waals surface area contributed by atoms with Crippen LogP contribution in [0.1, 0.15) is 43.0 Å². The van der Waals surface area contributed by atoms with Crippen LogP contribution in [0, 0.1) is 11.8 Å². The van der Waals surface area contributed by atoms with Crippen molar-refractivity contribution in [2.75, 3.05) is 11.5 Å². The minimum atomic E-state index is -0.553. The fraction of sp³-hybridized carbons (Fsp3) is 0.286. The molecule has 3 aromatic rings. The highest BCUT2D eigenvalue weighted by Crippen LogP contribution is 2.66. The molecule has 1 fully saturated rings. The van der Waals surface area contributed by atoms with E-state index in [1.165, 1.54) is 4.90 Å². The number of anilines is 1. The monoisotopic (exact) mass is 423 g/mol. The molecule has 2 amide bonds. The Bertz CT molecular complexity index is 1150. The van der Waals surface area contributed by atoms with E-state index in [1.807, 2.05) is 55.5 Å². The van der Waals surface area contributed by atoms with Crippen LogP contribution in [0.3, 0.4) is 0 Å². The lowest BCUT2D eigenvalue weighted by Gasteiger charge is -2.57. The van der Waals surface area contributed by atoms with E-state index in [1.54, 1.807) is 0 Å². The number of ether oxygens (including phenoxy) is 1. The number of carbonyl (C=O) groups is 2. The van der Waals surface area contributed by atoms with Gasteiger partial charge in [-0.1, -0.05) is 62.4 Å². The van der Waals surface area contributed by atoms with Gasteiger partial charge in [-0.05, 0) is 53.4 Å². The Morgan fingerprint density at radius 2 is 1.12 bits per heavy atom. The Labute approximate surface area is 187 Å². The van der Waals surface area contributed by atoms with Crippen LogP contribution in [-0.4, -0.2) is 18.4 Å². The van der Waals surface area contributed by atoms with Gasteiger partial charge in [0.25, 0.3) is 0 Å². The molecule has 3 aliphatic carbocycles. The van der Waals surface area contributed by atoms with E-state index in [0.717, 1.165) is 28.0 Å². The van der Waals surface area contributed by atoms with Crippen molar-refractivity contribution < 1.29 is 14.3 Å². The number of hydrogen-bond acceptors (Lipinski definition) is 3. The van der Waals surface area contributed by atoms with Gasteiger partial charge in [-0.15, -0.1) is 0 Å². The molecule has 0 unspecified atom stereocenters. The highest BCUT2D eigenvalue weighted by Gasteiger charge is 2.70. The van der Waals surface area contributed by atoms with Crippen molar-refractivity contribution in [2.24, 2.45) is 11.8 Å². The molecule has 4 aliphatic rings. The molecule has 1 heterocycles. The number of amides is 2. The van der Waals surface area contributed by atoms with Crippen LogP contribution >= 0.6 is 0 Å². The Balaban J connectivity index is 1.57. The first-order valence-electron chi connectivity index (χ1n) is 11.2. The largest absolute Gasteiger partial charge is 0.494 e. The normalized spacial score (nSPS) is 29.5. The molecule has 2 bridgehead atoms.